The van der Waals surface area contributed by atoms with Crippen LogP contribution in [0.1, 0.15) is 6.23 Å². The molecule has 1 saturated heterocycles. The molecule has 15 heteroatoms. The van der Waals surface area contributed by atoms with Crippen molar-refractivity contribution in [1.29, 1.82) is 0 Å². The molecule has 2 aromatic heterocycles. The number of hydrogen-bond acceptors (Lipinski definition) is 10. The standard InChI is InChI=1S/C12H18N4O9P2/c1-26(19,20)25-27(21,22)23-4-7-9(17)10(18)12(24-7)16-5-15-8-6(13)2-3-14-11(8)16/h2-3,5,7,9-10,12,17-18H,4H2,1H3,(H2,13,14)(H,19,20)(H,21,22)/t7-,9+,10?,12-/m1/s1. The second-order valence-corrected chi connectivity index (χ2v) is 9.37. The van der Waals surface area contributed by atoms with Crippen LogP contribution in [-0.4, -0.2) is 66.1 Å². The Morgan fingerprint density at radius 1 is 1.30 bits per heavy atom. The third kappa shape index (κ3) is 4.37. The van der Waals surface area contributed by atoms with Crippen molar-refractivity contribution in [2.75, 3.05) is 19.0 Å². The summed E-state index contributed by atoms with van der Waals surface area (Å²) in [5.41, 5.74) is 6.83. The first-order chi connectivity index (χ1) is 12.5. The van der Waals surface area contributed by atoms with Crippen molar-refractivity contribution in [1.82, 2.24) is 14.5 Å². The van der Waals surface area contributed by atoms with Crippen molar-refractivity contribution in [2.45, 2.75) is 24.5 Å². The number of nitrogen functional groups attached to an aromatic ring is 1. The number of aromatic nitrogens is 3. The van der Waals surface area contributed by atoms with Gasteiger partial charge in [-0.1, -0.05) is 0 Å². The molecule has 0 aliphatic carbocycles. The topological polar surface area (TPSA) is 199 Å². The van der Waals surface area contributed by atoms with E-state index in [2.05, 4.69) is 18.8 Å². The molecule has 27 heavy (non-hydrogen) atoms. The summed E-state index contributed by atoms with van der Waals surface area (Å²) in [6, 6.07) is 1.55. The van der Waals surface area contributed by atoms with Gasteiger partial charge in [0.05, 0.1) is 18.6 Å². The van der Waals surface area contributed by atoms with Gasteiger partial charge in [0, 0.05) is 12.9 Å². The number of rotatable bonds is 6. The van der Waals surface area contributed by atoms with Crippen molar-refractivity contribution in [2.24, 2.45) is 0 Å². The first-order valence-electron chi connectivity index (χ1n) is 7.56. The van der Waals surface area contributed by atoms with E-state index in [0.717, 1.165) is 0 Å². The molecule has 1 aliphatic rings. The molecule has 0 bridgehead atoms. The van der Waals surface area contributed by atoms with Gasteiger partial charge in [-0.15, -0.1) is 0 Å². The predicted molar refractivity (Wildman–Crippen MR) is 90.5 cm³/mol. The quantitative estimate of drug-likeness (QED) is 0.376. The van der Waals surface area contributed by atoms with E-state index in [1.165, 1.54) is 17.1 Å². The monoisotopic (exact) mass is 424 g/mol. The Morgan fingerprint density at radius 3 is 2.67 bits per heavy atom. The number of aliphatic hydroxyl groups is 2. The average Bonchev–Trinajstić information content (AvgIpc) is 3.07. The number of pyridine rings is 1. The van der Waals surface area contributed by atoms with Crippen molar-refractivity contribution < 1.29 is 42.7 Å². The maximum atomic E-state index is 11.6. The zero-order chi connectivity index (χ0) is 20.0. The molecule has 13 nitrogen and oxygen atoms in total. The third-order valence-corrected chi connectivity index (χ3v) is 6.27. The highest BCUT2D eigenvalue weighted by atomic mass is 31.3. The molecule has 150 valence electrons. The summed E-state index contributed by atoms with van der Waals surface area (Å²) >= 11 is 0. The summed E-state index contributed by atoms with van der Waals surface area (Å²) in [6.07, 6.45) is -2.53. The number of nitrogens with zero attached hydrogens (tertiary/aromatic N) is 3. The summed E-state index contributed by atoms with van der Waals surface area (Å²) in [4.78, 5) is 26.6. The molecule has 6 N–H and O–H groups in total. The summed E-state index contributed by atoms with van der Waals surface area (Å²) in [5, 5.41) is 20.4. The van der Waals surface area contributed by atoms with Gasteiger partial charge >= 0.3 is 15.4 Å². The lowest BCUT2D eigenvalue weighted by Crippen LogP contribution is -2.33. The Bertz CT molecular complexity index is 931. The average molecular weight is 424 g/mol. The Labute approximate surface area is 152 Å². The zero-order valence-electron chi connectivity index (χ0n) is 13.9. The lowest BCUT2D eigenvalue weighted by atomic mass is 10.1. The normalized spacial score (nSPS) is 30.3. The number of imidazole rings is 1. The first kappa shape index (κ1) is 20.3. The molecular formula is C12H18N4O9P2. The van der Waals surface area contributed by atoms with Crippen molar-refractivity contribution in [3.05, 3.63) is 18.6 Å². The van der Waals surface area contributed by atoms with Crippen LogP contribution in [0, 0.1) is 0 Å². The molecular weight excluding hydrogens is 406 g/mol. The fraction of sp³-hybridized carbons (Fsp3) is 0.500. The highest BCUT2D eigenvalue weighted by Gasteiger charge is 2.45. The van der Waals surface area contributed by atoms with Crippen LogP contribution < -0.4 is 5.73 Å². The molecule has 0 radical (unpaired) electrons. The largest absolute Gasteiger partial charge is 0.479 e. The lowest BCUT2D eigenvalue weighted by Gasteiger charge is -2.18. The van der Waals surface area contributed by atoms with Gasteiger partial charge in [0.1, 0.15) is 23.8 Å². The minimum absolute atomic E-state index is 0.302. The van der Waals surface area contributed by atoms with Crippen LogP contribution in [-0.2, 0) is 22.7 Å². The van der Waals surface area contributed by atoms with Crippen LogP contribution in [0.4, 0.5) is 5.69 Å². The molecule has 1 aliphatic heterocycles. The van der Waals surface area contributed by atoms with Crippen LogP contribution in [0.5, 0.6) is 0 Å². The number of nitrogens with two attached hydrogens (primary N) is 1. The number of phosphoric acid groups is 1. The van der Waals surface area contributed by atoms with E-state index in [-0.39, 0.29) is 0 Å². The van der Waals surface area contributed by atoms with Crippen LogP contribution >= 0.6 is 15.4 Å². The number of phosphoric ester groups is 1. The van der Waals surface area contributed by atoms with Gasteiger partial charge in [0.2, 0.25) is 0 Å². The molecule has 3 rings (SSSR count). The van der Waals surface area contributed by atoms with Crippen LogP contribution in [0.15, 0.2) is 18.6 Å². The molecule has 0 saturated carbocycles. The van der Waals surface area contributed by atoms with E-state index >= 15 is 0 Å². The second kappa shape index (κ2) is 7.21. The molecule has 0 spiro atoms. The highest BCUT2D eigenvalue weighted by Crippen LogP contribution is 2.58. The highest BCUT2D eigenvalue weighted by molar-refractivity contribution is 7.63. The summed E-state index contributed by atoms with van der Waals surface area (Å²) in [5.74, 6) is 0. The third-order valence-electron chi connectivity index (χ3n) is 3.76. The Balaban J connectivity index is 1.75. The van der Waals surface area contributed by atoms with Crippen LogP contribution in [0.25, 0.3) is 11.2 Å². The van der Waals surface area contributed by atoms with Crippen LogP contribution in [0.2, 0.25) is 0 Å². The van der Waals surface area contributed by atoms with E-state index in [9.17, 15) is 24.2 Å². The molecule has 3 unspecified atom stereocenters. The molecule has 2 aromatic rings. The van der Waals surface area contributed by atoms with Gasteiger partial charge in [-0.3, -0.25) is 13.7 Å². The number of anilines is 1. The summed E-state index contributed by atoms with van der Waals surface area (Å²) < 4.78 is 38.2. The number of fused-ring (bicyclic) bond motifs is 1. The molecule has 0 aromatic carbocycles. The van der Waals surface area contributed by atoms with E-state index in [1.807, 2.05) is 0 Å². The lowest BCUT2D eigenvalue weighted by molar-refractivity contribution is -0.0501. The number of hydrogen-bond donors (Lipinski definition) is 5. The molecule has 6 atom stereocenters. The van der Waals surface area contributed by atoms with Crippen molar-refractivity contribution in [3.8, 4) is 0 Å². The second-order valence-electron chi connectivity index (χ2n) is 5.92. The zero-order valence-corrected chi connectivity index (χ0v) is 15.7. The van der Waals surface area contributed by atoms with E-state index in [4.69, 9.17) is 15.4 Å². The Kier molecular flexibility index (Phi) is 5.43. The number of aliphatic hydroxyl groups excluding tert-OH is 2. The predicted octanol–water partition coefficient (Wildman–Crippen LogP) is -0.419. The number of ether oxygens (including phenoxy) is 1. The maximum absolute atomic E-state index is 11.6. The summed E-state index contributed by atoms with van der Waals surface area (Å²) in [7, 11) is -9.16. The molecule has 1 fully saturated rings. The SMILES string of the molecule is CP(=O)(O)OP(=O)(O)OC[C@H]1O[C@@H](n2cnc3c(N)ccnc32)C(O)[C@H]1O. The Hall–Kier alpha value is -1.40. The van der Waals surface area contributed by atoms with E-state index in [0.29, 0.717) is 23.5 Å². The van der Waals surface area contributed by atoms with Gasteiger partial charge in [0.15, 0.2) is 11.9 Å². The smallest absolute Gasteiger partial charge is 0.397 e. The molecule has 3 heterocycles. The maximum Gasteiger partial charge on any atom is 0.479 e. The van der Waals surface area contributed by atoms with Crippen LogP contribution in [0.3, 0.4) is 0 Å². The minimum Gasteiger partial charge on any atom is -0.397 e. The van der Waals surface area contributed by atoms with E-state index in [1.54, 1.807) is 6.07 Å². The Morgan fingerprint density at radius 2 is 2.00 bits per heavy atom. The van der Waals surface area contributed by atoms with Crippen molar-refractivity contribution in [3.63, 3.8) is 0 Å². The fourth-order valence-corrected chi connectivity index (χ4v) is 4.67. The first-order valence-corrected chi connectivity index (χ1v) is 11.1. The van der Waals surface area contributed by atoms with Gasteiger partial charge in [-0.05, 0) is 6.07 Å². The minimum atomic E-state index is -4.87. The van der Waals surface area contributed by atoms with Gasteiger partial charge < -0.3 is 30.5 Å². The summed E-state index contributed by atoms with van der Waals surface area (Å²) in [6.45, 7) is 0.0213. The van der Waals surface area contributed by atoms with Gasteiger partial charge in [-0.25, -0.2) is 18.8 Å². The van der Waals surface area contributed by atoms with Crippen molar-refractivity contribution >= 4 is 32.3 Å². The van der Waals surface area contributed by atoms with Gasteiger partial charge in [0.25, 0.3) is 0 Å². The molecule has 0 amide bonds. The van der Waals surface area contributed by atoms with Gasteiger partial charge in [-0.2, -0.15) is 0 Å². The fourth-order valence-electron chi connectivity index (χ4n) is 2.62. The van der Waals surface area contributed by atoms with E-state index < -0.39 is 46.6 Å².